The Hall–Kier alpha value is -6.44. The van der Waals surface area contributed by atoms with Crippen LogP contribution in [0.3, 0.4) is 0 Å². The van der Waals surface area contributed by atoms with Crippen molar-refractivity contribution in [3.05, 3.63) is 246 Å². The zero-order chi connectivity index (χ0) is 34.6. The van der Waals surface area contributed by atoms with Crippen LogP contribution in [0.1, 0.15) is 29.2 Å². The van der Waals surface area contributed by atoms with Crippen molar-refractivity contribution in [2.45, 2.75) is 12.3 Å². The predicted molar refractivity (Wildman–Crippen MR) is 216 cm³/mol. The first-order valence-corrected chi connectivity index (χ1v) is 17.6. The Labute approximate surface area is 301 Å². The first kappa shape index (κ1) is 31.8. The summed E-state index contributed by atoms with van der Waals surface area (Å²) in [6.45, 7) is 6.68. The summed E-state index contributed by atoms with van der Waals surface area (Å²) in [6, 6.07) is 69.7. The van der Waals surface area contributed by atoms with Crippen molar-refractivity contribution in [1.82, 2.24) is 0 Å². The minimum absolute atomic E-state index is 0.551. The van der Waals surface area contributed by atoms with Gasteiger partial charge in [-0.3, -0.25) is 0 Å². The monoisotopic (exact) mass is 653 g/mol. The Bertz CT molecular complexity index is 2210. The standard InChI is InChI=1S/C50H39N/c1-3-46-49(45-27-17-18-28-47(45)50(46,41-23-13-7-14-24-41)42-25-15-8-16-26-42)48(4-2)51(43-33-29-39(30-34-43)37-19-9-5-10-20-37)44-35-31-40(32-36-44)38-21-11-6-12-22-38/h3-36H,1H2,2H3/b48-4+. The van der Waals surface area contributed by atoms with Gasteiger partial charge >= 0.3 is 0 Å². The molecule has 0 spiro atoms. The molecule has 0 heterocycles. The molecule has 0 radical (unpaired) electrons. The number of hydrogen-bond acceptors (Lipinski definition) is 1. The van der Waals surface area contributed by atoms with Crippen LogP contribution in [0, 0.1) is 0 Å². The normalized spacial score (nSPS) is 13.5. The van der Waals surface area contributed by atoms with Crippen molar-refractivity contribution < 1.29 is 0 Å². The molecule has 0 saturated heterocycles. The van der Waals surface area contributed by atoms with E-state index in [-0.39, 0.29) is 0 Å². The van der Waals surface area contributed by atoms with Gasteiger partial charge in [0.1, 0.15) is 0 Å². The van der Waals surface area contributed by atoms with Gasteiger partial charge in [-0.1, -0.05) is 189 Å². The zero-order valence-corrected chi connectivity index (χ0v) is 28.8. The molecule has 1 aliphatic rings. The molecular formula is C50H39N. The fourth-order valence-corrected chi connectivity index (χ4v) is 7.88. The molecule has 0 saturated carbocycles. The Morgan fingerprint density at radius 3 is 1.29 bits per heavy atom. The molecule has 7 aromatic rings. The molecule has 0 fully saturated rings. The van der Waals surface area contributed by atoms with Crippen molar-refractivity contribution in [1.29, 1.82) is 0 Å². The molecule has 1 aliphatic carbocycles. The summed E-state index contributed by atoms with van der Waals surface area (Å²) in [6.07, 6.45) is 4.35. The number of rotatable bonds is 9. The molecule has 1 heteroatoms. The van der Waals surface area contributed by atoms with Crippen LogP contribution in [0.15, 0.2) is 224 Å². The van der Waals surface area contributed by atoms with Gasteiger partial charge in [-0.05, 0) is 81.3 Å². The SMILES string of the molecule is C=CC1=C(/C(=C\C)N(c2ccc(-c3ccccc3)cc2)c2ccc(-c3ccccc3)cc2)c2ccccc2C1(c1ccccc1)c1ccccc1. The van der Waals surface area contributed by atoms with Crippen molar-refractivity contribution in [2.24, 2.45) is 0 Å². The molecular weight excluding hydrogens is 615 g/mol. The Balaban J connectivity index is 1.37. The number of hydrogen-bond donors (Lipinski definition) is 0. The molecule has 0 bridgehead atoms. The zero-order valence-electron chi connectivity index (χ0n) is 28.8. The van der Waals surface area contributed by atoms with Crippen LogP contribution in [0.25, 0.3) is 27.8 Å². The molecule has 0 aliphatic heterocycles. The van der Waals surface area contributed by atoms with Crippen LogP contribution in [-0.4, -0.2) is 0 Å². The minimum Gasteiger partial charge on any atom is -0.310 e. The summed E-state index contributed by atoms with van der Waals surface area (Å²) >= 11 is 0. The van der Waals surface area contributed by atoms with Crippen LogP contribution in [0.4, 0.5) is 11.4 Å². The van der Waals surface area contributed by atoms with E-state index in [1.165, 1.54) is 55.7 Å². The largest absolute Gasteiger partial charge is 0.310 e. The van der Waals surface area contributed by atoms with Gasteiger partial charge in [0.05, 0.1) is 11.1 Å². The van der Waals surface area contributed by atoms with Gasteiger partial charge in [0.15, 0.2) is 0 Å². The van der Waals surface area contributed by atoms with E-state index in [0.29, 0.717) is 0 Å². The minimum atomic E-state index is -0.551. The van der Waals surface area contributed by atoms with Gasteiger partial charge in [-0.15, -0.1) is 0 Å². The van der Waals surface area contributed by atoms with Crippen LogP contribution in [-0.2, 0) is 5.41 Å². The second kappa shape index (κ2) is 13.8. The van der Waals surface area contributed by atoms with Crippen molar-refractivity contribution >= 4 is 16.9 Å². The highest BCUT2D eigenvalue weighted by Gasteiger charge is 2.47. The van der Waals surface area contributed by atoms with E-state index < -0.39 is 5.41 Å². The summed E-state index contributed by atoms with van der Waals surface area (Å²) in [5, 5.41) is 0. The summed E-state index contributed by atoms with van der Waals surface area (Å²) in [7, 11) is 0. The van der Waals surface area contributed by atoms with Crippen molar-refractivity contribution in [2.75, 3.05) is 4.90 Å². The van der Waals surface area contributed by atoms with E-state index in [1.807, 2.05) is 0 Å². The van der Waals surface area contributed by atoms with E-state index in [9.17, 15) is 0 Å². The van der Waals surface area contributed by atoms with E-state index in [0.717, 1.165) is 17.1 Å². The lowest BCUT2D eigenvalue weighted by Gasteiger charge is -2.35. The van der Waals surface area contributed by atoms with Crippen LogP contribution >= 0.6 is 0 Å². The molecule has 51 heavy (non-hydrogen) atoms. The highest BCUT2D eigenvalue weighted by Crippen LogP contribution is 2.57. The third kappa shape index (κ3) is 5.54. The van der Waals surface area contributed by atoms with Crippen LogP contribution in [0.5, 0.6) is 0 Å². The summed E-state index contributed by atoms with van der Waals surface area (Å²) in [4.78, 5) is 2.41. The number of allylic oxidation sites excluding steroid dienone is 4. The van der Waals surface area contributed by atoms with E-state index in [1.54, 1.807) is 0 Å². The topological polar surface area (TPSA) is 3.24 Å². The third-order valence-corrected chi connectivity index (χ3v) is 10.1. The molecule has 0 atom stereocenters. The van der Waals surface area contributed by atoms with Gasteiger partial charge in [0.2, 0.25) is 0 Å². The van der Waals surface area contributed by atoms with Crippen LogP contribution < -0.4 is 4.90 Å². The second-order valence-electron chi connectivity index (χ2n) is 12.9. The number of anilines is 2. The smallest absolute Gasteiger partial charge is 0.0714 e. The summed E-state index contributed by atoms with van der Waals surface area (Å²) in [5.74, 6) is 0. The third-order valence-electron chi connectivity index (χ3n) is 10.1. The van der Waals surface area contributed by atoms with E-state index in [2.05, 4.69) is 225 Å². The molecule has 244 valence electrons. The molecule has 0 amide bonds. The van der Waals surface area contributed by atoms with Gasteiger partial charge in [0, 0.05) is 16.9 Å². The molecule has 7 aromatic carbocycles. The first-order valence-electron chi connectivity index (χ1n) is 17.6. The second-order valence-corrected chi connectivity index (χ2v) is 12.9. The molecule has 1 nitrogen and oxygen atoms in total. The Kier molecular flexibility index (Phi) is 8.62. The molecule has 0 N–H and O–H groups in total. The quantitative estimate of drug-likeness (QED) is 0.150. The highest BCUT2D eigenvalue weighted by molar-refractivity contribution is 5.98. The first-order chi connectivity index (χ1) is 25.2. The Morgan fingerprint density at radius 2 is 0.863 bits per heavy atom. The fourth-order valence-electron chi connectivity index (χ4n) is 7.88. The van der Waals surface area contributed by atoms with Gasteiger partial charge in [0.25, 0.3) is 0 Å². The van der Waals surface area contributed by atoms with E-state index >= 15 is 0 Å². The van der Waals surface area contributed by atoms with Gasteiger partial charge in [-0.2, -0.15) is 0 Å². The molecule has 8 rings (SSSR count). The van der Waals surface area contributed by atoms with Gasteiger partial charge in [-0.25, -0.2) is 0 Å². The fraction of sp³-hybridized carbons (Fsp3) is 0.0400. The lowest BCUT2D eigenvalue weighted by Crippen LogP contribution is -2.29. The van der Waals surface area contributed by atoms with Crippen molar-refractivity contribution in [3.8, 4) is 22.3 Å². The number of fused-ring (bicyclic) bond motifs is 1. The molecule has 0 aromatic heterocycles. The number of benzene rings is 7. The predicted octanol–water partition coefficient (Wildman–Crippen LogP) is 13.1. The van der Waals surface area contributed by atoms with Crippen LogP contribution in [0.2, 0.25) is 0 Å². The average Bonchev–Trinajstić information content (AvgIpc) is 3.52. The summed E-state index contributed by atoms with van der Waals surface area (Å²) in [5.41, 5.74) is 14.7. The molecule has 0 unspecified atom stereocenters. The number of nitrogens with zero attached hydrogens (tertiary/aromatic N) is 1. The van der Waals surface area contributed by atoms with Gasteiger partial charge < -0.3 is 4.90 Å². The summed E-state index contributed by atoms with van der Waals surface area (Å²) < 4.78 is 0. The van der Waals surface area contributed by atoms with Crippen molar-refractivity contribution in [3.63, 3.8) is 0 Å². The average molecular weight is 654 g/mol. The lowest BCUT2D eigenvalue weighted by molar-refractivity contribution is 0.761. The maximum atomic E-state index is 4.53. The Morgan fingerprint density at radius 1 is 0.471 bits per heavy atom. The van der Waals surface area contributed by atoms with E-state index in [4.69, 9.17) is 0 Å². The maximum absolute atomic E-state index is 4.53. The maximum Gasteiger partial charge on any atom is 0.0714 e. The lowest BCUT2D eigenvalue weighted by atomic mass is 9.67. The highest BCUT2D eigenvalue weighted by atomic mass is 15.2.